The molecule has 26 heavy (non-hydrogen) atoms. The maximum Gasteiger partial charge on any atom is 0.326 e. The van der Waals surface area contributed by atoms with Crippen LogP contribution in [0.1, 0.15) is 17.5 Å². The molecule has 0 spiro atoms. The number of carboxylic acids is 1. The van der Waals surface area contributed by atoms with Gasteiger partial charge in [0, 0.05) is 24.4 Å². The van der Waals surface area contributed by atoms with E-state index in [4.69, 9.17) is 9.84 Å². The Morgan fingerprint density at radius 2 is 1.96 bits per heavy atom. The maximum atomic E-state index is 12.4. The minimum atomic E-state index is -2.82. The van der Waals surface area contributed by atoms with Crippen LogP contribution in [0.25, 0.3) is 0 Å². The van der Waals surface area contributed by atoms with Gasteiger partial charge in [0.25, 0.3) is 0 Å². The Morgan fingerprint density at radius 3 is 2.62 bits per heavy atom. The van der Waals surface area contributed by atoms with Crippen LogP contribution in [0.3, 0.4) is 0 Å². The van der Waals surface area contributed by atoms with Gasteiger partial charge >= 0.3 is 5.97 Å². The summed E-state index contributed by atoms with van der Waals surface area (Å²) in [6.07, 6.45) is -0.569. The monoisotopic (exact) mass is 364 g/mol. The zero-order chi connectivity index (χ0) is 18.9. The first-order valence-corrected chi connectivity index (χ1v) is 7.85. The summed E-state index contributed by atoms with van der Waals surface area (Å²) in [5.74, 6) is -1.61. The van der Waals surface area contributed by atoms with Crippen LogP contribution in [0.2, 0.25) is 0 Å². The van der Waals surface area contributed by atoms with E-state index in [1.807, 2.05) is 6.07 Å². The van der Waals surface area contributed by atoms with Crippen molar-refractivity contribution in [3.63, 3.8) is 0 Å². The summed E-state index contributed by atoms with van der Waals surface area (Å²) in [4.78, 5) is 26.8. The van der Waals surface area contributed by atoms with Crippen LogP contribution in [0.4, 0.5) is 8.78 Å². The van der Waals surface area contributed by atoms with Crippen LogP contribution in [-0.4, -0.2) is 34.4 Å². The lowest BCUT2D eigenvalue weighted by Gasteiger charge is -2.14. The summed E-state index contributed by atoms with van der Waals surface area (Å²) in [5.41, 5.74) is 1.46. The number of halogens is 2. The lowest BCUT2D eigenvalue weighted by Crippen LogP contribution is -2.42. The smallest absolute Gasteiger partial charge is 0.326 e. The highest BCUT2D eigenvalue weighted by Crippen LogP contribution is 2.16. The number of benzene rings is 1. The van der Waals surface area contributed by atoms with Crippen molar-refractivity contribution in [1.82, 2.24) is 10.3 Å². The van der Waals surface area contributed by atoms with E-state index in [1.165, 1.54) is 0 Å². The number of aliphatic carboxylic acids is 1. The van der Waals surface area contributed by atoms with Crippen LogP contribution < -0.4 is 10.1 Å². The number of carboxylic acid groups (broad SMARTS) is 1. The van der Waals surface area contributed by atoms with Gasteiger partial charge in [-0.15, -0.1) is 0 Å². The van der Waals surface area contributed by atoms with Gasteiger partial charge in [-0.25, -0.2) is 13.6 Å². The van der Waals surface area contributed by atoms with Gasteiger partial charge in [0.1, 0.15) is 18.4 Å². The van der Waals surface area contributed by atoms with Gasteiger partial charge < -0.3 is 15.2 Å². The first-order chi connectivity index (χ1) is 12.4. The van der Waals surface area contributed by atoms with Gasteiger partial charge in [-0.3, -0.25) is 9.78 Å². The minimum absolute atomic E-state index is 0.142. The maximum absolute atomic E-state index is 12.4. The molecule has 138 valence electrons. The molecule has 1 aromatic carbocycles. The van der Waals surface area contributed by atoms with Gasteiger partial charge in [0.15, 0.2) is 0 Å². The Hall–Kier alpha value is -3.03. The van der Waals surface area contributed by atoms with Crippen LogP contribution in [0, 0.1) is 0 Å². The van der Waals surface area contributed by atoms with Crippen molar-refractivity contribution < 1.29 is 28.2 Å². The number of aromatic nitrogens is 1. The fourth-order valence-corrected chi connectivity index (χ4v) is 2.23. The van der Waals surface area contributed by atoms with Crippen molar-refractivity contribution in [2.45, 2.75) is 31.9 Å². The summed E-state index contributed by atoms with van der Waals surface area (Å²) >= 11 is 0. The Labute approximate surface area is 148 Å². The molecule has 0 saturated carbocycles. The van der Waals surface area contributed by atoms with Crippen molar-refractivity contribution in [3.8, 4) is 5.75 Å². The highest BCUT2D eigenvalue weighted by atomic mass is 19.3. The number of hydrogen-bond acceptors (Lipinski definition) is 4. The van der Waals surface area contributed by atoms with Gasteiger partial charge in [-0.05, 0) is 23.8 Å². The Kier molecular flexibility index (Phi) is 7.02. The lowest BCUT2D eigenvalue weighted by molar-refractivity contribution is -0.142. The van der Waals surface area contributed by atoms with Crippen molar-refractivity contribution in [2.24, 2.45) is 0 Å². The Morgan fingerprint density at radius 1 is 1.19 bits per heavy atom. The molecule has 6 nitrogen and oxygen atoms in total. The van der Waals surface area contributed by atoms with E-state index < -0.39 is 30.8 Å². The largest absolute Gasteiger partial charge is 0.489 e. The molecule has 2 N–H and O–H groups in total. The number of nitrogens with one attached hydrogen (secondary N) is 1. The standard InChI is InChI=1S/C18H18F2N2O4/c19-16(20)9-15(18(24)25)22-17(23)8-12-3-1-5-14(7-12)26-11-13-4-2-6-21-10-13/h1-7,10,15-16H,8-9,11H2,(H,22,23)(H,24,25). The van der Waals surface area contributed by atoms with E-state index >= 15 is 0 Å². The van der Waals surface area contributed by atoms with E-state index in [0.717, 1.165) is 5.56 Å². The van der Waals surface area contributed by atoms with Gasteiger partial charge in [-0.1, -0.05) is 18.2 Å². The number of rotatable bonds is 9. The molecule has 0 fully saturated rings. The molecule has 2 rings (SSSR count). The quantitative estimate of drug-likeness (QED) is 0.713. The van der Waals surface area contributed by atoms with Gasteiger partial charge in [0.05, 0.1) is 6.42 Å². The number of amides is 1. The van der Waals surface area contributed by atoms with Crippen molar-refractivity contribution in [3.05, 3.63) is 59.9 Å². The molecule has 1 heterocycles. The van der Waals surface area contributed by atoms with Crippen LogP contribution in [0.5, 0.6) is 5.75 Å². The number of carbonyl (C=O) groups is 2. The second-order valence-electron chi connectivity index (χ2n) is 5.56. The molecule has 0 aliphatic carbocycles. The zero-order valence-corrected chi connectivity index (χ0v) is 13.8. The molecule has 0 aliphatic heterocycles. The summed E-state index contributed by atoms with van der Waals surface area (Å²) in [6.45, 7) is 0.305. The number of hydrogen-bond donors (Lipinski definition) is 2. The number of alkyl halides is 2. The van der Waals surface area contributed by atoms with E-state index in [-0.39, 0.29) is 6.42 Å². The average Bonchev–Trinajstić information content (AvgIpc) is 2.60. The number of nitrogens with zero attached hydrogens (tertiary/aromatic N) is 1. The average molecular weight is 364 g/mol. The minimum Gasteiger partial charge on any atom is -0.489 e. The fourth-order valence-electron chi connectivity index (χ4n) is 2.23. The molecule has 2 aromatic rings. The third-order valence-electron chi connectivity index (χ3n) is 3.44. The molecule has 0 radical (unpaired) electrons. The molecular formula is C18H18F2N2O4. The highest BCUT2D eigenvalue weighted by molar-refractivity contribution is 5.84. The Bertz CT molecular complexity index is 741. The number of ether oxygens (including phenoxy) is 1. The summed E-state index contributed by atoms with van der Waals surface area (Å²) in [6, 6.07) is 8.74. The molecule has 1 unspecified atom stereocenters. The topological polar surface area (TPSA) is 88.5 Å². The molecular weight excluding hydrogens is 346 g/mol. The molecule has 1 aromatic heterocycles. The predicted octanol–water partition coefficient (Wildman–Crippen LogP) is 2.43. The molecule has 0 saturated heterocycles. The van der Waals surface area contributed by atoms with E-state index in [9.17, 15) is 18.4 Å². The van der Waals surface area contributed by atoms with Crippen LogP contribution >= 0.6 is 0 Å². The van der Waals surface area contributed by atoms with E-state index in [0.29, 0.717) is 17.9 Å². The second kappa shape index (κ2) is 9.45. The molecule has 1 atom stereocenters. The second-order valence-corrected chi connectivity index (χ2v) is 5.56. The molecule has 0 aliphatic rings. The first-order valence-electron chi connectivity index (χ1n) is 7.85. The SMILES string of the molecule is O=C(Cc1cccc(OCc2cccnc2)c1)NC(CC(F)F)C(=O)O. The first kappa shape index (κ1) is 19.3. The summed E-state index contributed by atoms with van der Waals surface area (Å²) < 4.78 is 30.4. The molecule has 8 heteroatoms. The normalized spacial score (nSPS) is 11.8. The van der Waals surface area contributed by atoms with Crippen molar-refractivity contribution >= 4 is 11.9 Å². The Balaban J connectivity index is 1.92. The van der Waals surface area contributed by atoms with Crippen LogP contribution in [0.15, 0.2) is 48.8 Å². The summed E-state index contributed by atoms with van der Waals surface area (Å²) in [5, 5.41) is 11.0. The number of carbonyl (C=O) groups excluding carboxylic acids is 1. The zero-order valence-electron chi connectivity index (χ0n) is 13.8. The van der Waals surface area contributed by atoms with Crippen molar-refractivity contribution in [2.75, 3.05) is 0 Å². The van der Waals surface area contributed by atoms with Crippen molar-refractivity contribution in [1.29, 1.82) is 0 Å². The molecule has 1 amide bonds. The molecule has 0 bridgehead atoms. The van der Waals surface area contributed by atoms with Gasteiger partial charge in [-0.2, -0.15) is 0 Å². The van der Waals surface area contributed by atoms with Gasteiger partial charge in [0.2, 0.25) is 12.3 Å². The number of pyridine rings is 1. The van der Waals surface area contributed by atoms with E-state index in [1.54, 1.807) is 42.7 Å². The highest BCUT2D eigenvalue weighted by Gasteiger charge is 2.24. The van der Waals surface area contributed by atoms with Crippen LogP contribution in [-0.2, 0) is 22.6 Å². The van der Waals surface area contributed by atoms with E-state index in [2.05, 4.69) is 10.3 Å². The fraction of sp³-hybridized carbons (Fsp3) is 0.278. The summed E-state index contributed by atoms with van der Waals surface area (Å²) in [7, 11) is 0. The third-order valence-corrected chi connectivity index (χ3v) is 3.44. The third kappa shape index (κ3) is 6.46. The lowest BCUT2D eigenvalue weighted by atomic mass is 10.1. The predicted molar refractivity (Wildman–Crippen MR) is 88.9 cm³/mol.